The highest BCUT2D eigenvalue weighted by molar-refractivity contribution is 5.43. The van der Waals surface area contributed by atoms with Gasteiger partial charge in [0.15, 0.2) is 0 Å². The lowest BCUT2D eigenvalue weighted by Gasteiger charge is -2.27. The van der Waals surface area contributed by atoms with E-state index in [2.05, 4.69) is 4.98 Å². The molecule has 2 unspecified atom stereocenters. The van der Waals surface area contributed by atoms with Gasteiger partial charge in [-0.1, -0.05) is 0 Å². The Bertz CT molecular complexity index is 492. The van der Waals surface area contributed by atoms with Gasteiger partial charge < -0.3 is 4.90 Å². The van der Waals surface area contributed by atoms with Gasteiger partial charge in [-0.3, -0.25) is 0 Å². The molecule has 0 saturated heterocycles. The average Bonchev–Trinajstić information content (AvgIpc) is 2.78. The van der Waals surface area contributed by atoms with Crippen LogP contribution >= 0.6 is 0 Å². The van der Waals surface area contributed by atoms with Crippen molar-refractivity contribution in [3.8, 4) is 6.07 Å². The minimum atomic E-state index is -2.42. The molecule has 94 valence electrons. The molecule has 0 bridgehead atoms. The third kappa shape index (κ3) is 1.56. The van der Waals surface area contributed by atoms with E-state index in [1.165, 1.54) is 6.20 Å². The number of anilines is 1. The van der Waals surface area contributed by atoms with Crippen LogP contribution in [0.5, 0.6) is 0 Å². The summed E-state index contributed by atoms with van der Waals surface area (Å²) in [7, 11) is 1.88. The van der Waals surface area contributed by atoms with Crippen LogP contribution in [0.1, 0.15) is 18.4 Å². The van der Waals surface area contributed by atoms with Crippen LogP contribution in [-0.4, -0.2) is 24.0 Å². The molecular weight excluding hydrogens is 236 g/mol. The number of hydrogen-bond acceptors (Lipinski definition) is 3. The van der Waals surface area contributed by atoms with Crippen LogP contribution in [0.15, 0.2) is 18.3 Å². The molecule has 2 saturated carbocycles. The van der Waals surface area contributed by atoms with Gasteiger partial charge in [0.25, 0.3) is 5.92 Å². The first-order valence-corrected chi connectivity index (χ1v) is 6.01. The zero-order valence-electron chi connectivity index (χ0n) is 9.98. The summed E-state index contributed by atoms with van der Waals surface area (Å²) in [6.45, 7) is 0. The predicted molar refractivity (Wildman–Crippen MR) is 62.3 cm³/mol. The molecule has 0 spiro atoms. The van der Waals surface area contributed by atoms with E-state index in [4.69, 9.17) is 5.26 Å². The summed E-state index contributed by atoms with van der Waals surface area (Å²) in [4.78, 5) is 6.13. The molecular formula is C13H13F2N3. The van der Waals surface area contributed by atoms with Crippen molar-refractivity contribution >= 4 is 5.82 Å². The van der Waals surface area contributed by atoms with Gasteiger partial charge in [0, 0.05) is 31.1 Å². The summed E-state index contributed by atoms with van der Waals surface area (Å²) >= 11 is 0. The van der Waals surface area contributed by atoms with Gasteiger partial charge in [-0.25, -0.2) is 13.8 Å². The second kappa shape index (κ2) is 3.64. The Morgan fingerprint density at radius 3 is 2.56 bits per heavy atom. The molecule has 0 N–H and O–H groups in total. The lowest BCUT2D eigenvalue weighted by Crippen LogP contribution is -2.32. The molecule has 0 aliphatic heterocycles. The Morgan fingerprint density at radius 1 is 1.39 bits per heavy atom. The van der Waals surface area contributed by atoms with Gasteiger partial charge >= 0.3 is 0 Å². The molecule has 5 heteroatoms. The van der Waals surface area contributed by atoms with Gasteiger partial charge in [0.2, 0.25) is 0 Å². The van der Waals surface area contributed by atoms with Crippen molar-refractivity contribution in [3.63, 3.8) is 0 Å². The van der Waals surface area contributed by atoms with Crippen LogP contribution in [0.25, 0.3) is 0 Å². The molecule has 3 rings (SSSR count). The zero-order chi connectivity index (χ0) is 12.9. The van der Waals surface area contributed by atoms with E-state index < -0.39 is 17.8 Å². The fourth-order valence-electron chi connectivity index (χ4n) is 2.95. The maximum atomic E-state index is 13.1. The van der Waals surface area contributed by atoms with Crippen LogP contribution in [-0.2, 0) is 0 Å². The Kier molecular flexibility index (Phi) is 2.31. The molecule has 2 atom stereocenters. The number of rotatable bonds is 2. The summed E-state index contributed by atoms with van der Waals surface area (Å²) in [5, 5.41) is 8.69. The Hall–Kier alpha value is -1.70. The molecule has 0 amide bonds. The molecule has 0 radical (unpaired) electrons. The average molecular weight is 249 g/mol. The van der Waals surface area contributed by atoms with Crippen molar-refractivity contribution in [1.29, 1.82) is 5.26 Å². The van der Waals surface area contributed by atoms with Gasteiger partial charge in [-0.2, -0.15) is 5.26 Å². The maximum absolute atomic E-state index is 13.1. The van der Waals surface area contributed by atoms with Crippen molar-refractivity contribution < 1.29 is 8.78 Å². The summed E-state index contributed by atoms with van der Waals surface area (Å²) in [6, 6.07) is 5.61. The fourth-order valence-corrected chi connectivity index (χ4v) is 2.95. The monoisotopic (exact) mass is 249 g/mol. The number of alkyl halides is 2. The highest BCUT2D eigenvalue weighted by Crippen LogP contribution is 2.64. The van der Waals surface area contributed by atoms with Gasteiger partial charge in [0.1, 0.15) is 11.9 Å². The molecule has 0 aromatic carbocycles. The second-order valence-corrected chi connectivity index (χ2v) is 5.14. The lowest BCUT2D eigenvalue weighted by molar-refractivity contribution is 0.0696. The van der Waals surface area contributed by atoms with Crippen molar-refractivity contribution in [2.75, 3.05) is 11.9 Å². The summed E-state index contributed by atoms with van der Waals surface area (Å²) < 4.78 is 26.2. The summed E-state index contributed by atoms with van der Waals surface area (Å²) in [5.41, 5.74) is 0.507. The second-order valence-electron chi connectivity index (χ2n) is 5.14. The largest absolute Gasteiger partial charge is 0.357 e. The minimum absolute atomic E-state index is 0.139. The first kappa shape index (κ1) is 11.4. The van der Waals surface area contributed by atoms with E-state index in [9.17, 15) is 8.78 Å². The van der Waals surface area contributed by atoms with Crippen LogP contribution < -0.4 is 4.90 Å². The van der Waals surface area contributed by atoms with E-state index in [0.29, 0.717) is 18.4 Å². The highest BCUT2D eigenvalue weighted by Gasteiger charge is 2.71. The first-order chi connectivity index (χ1) is 8.54. The Labute approximate surface area is 104 Å². The van der Waals surface area contributed by atoms with E-state index in [-0.39, 0.29) is 6.04 Å². The van der Waals surface area contributed by atoms with Crippen molar-refractivity contribution in [2.45, 2.75) is 24.8 Å². The molecule has 3 nitrogen and oxygen atoms in total. The van der Waals surface area contributed by atoms with Crippen molar-refractivity contribution in [2.24, 2.45) is 11.8 Å². The third-order valence-electron chi connectivity index (χ3n) is 4.20. The molecule has 2 aliphatic carbocycles. The smallest absolute Gasteiger partial charge is 0.254 e. The quantitative estimate of drug-likeness (QED) is 0.808. The topological polar surface area (TPSA) is 39.9 Å². The summed E-state index contributed by atoms with van der Waals surface area (Å²) in [6.07, 6.45) is 2.59. The minimum Gasteiger partial charge on any atom is -0.357 e. The fraction of sp³-hybridized carbons (Fsp3) is 0.538. The van der Waals surface area contributed by atoms with Crippen LogP contribution in [0.3, 0.4) is 0 Å². The third-order valence-corrected chi connectivity index (χ3v) is 4.20. The predicted octanol–water partition coefficient (Wildman–Crippen LogP) is 2.43. The number of fused-ring (bicyclic) bond motifs is 1. The van der Waals surface area contributed by atoms with Crippen molar-refractivity contribution in [3.05, 3.63) is 23.9 Å². The van der Waals surface area contributed by atoms with E-state index >= 15 is 0 Å². The molecule has 2 aliphatic rings. The van der Waals surface area contributed by atoms with Crippen LogP contribution in [0.4, 0.5) is 14.6 Å². The lowest BCUT2D eigenvalue weighted by atomic mass is 10.1. The zero-order valence-corrected chi connectivity index (χ0v) is 9.98. The van der Waals surface area contributed by atoms with Crippen molar-refractivity contribution in [1.82, 2.24) is 4.98 Å². The molecule has 2 fully saturated rings. The number of nitrogens with zero attached hydrogens (tertiary/aromatic N) is 3. The first-order valence-electron chi connectivity index (χ1n) is 6.01. The number of aromatic nitrogens is 1. The van der Waals surface area contributed by atoms with Crippen LogP contribution in [0, 0.1) is 23.2 Å². The maximum Gasteiger partial charge on any atom is 0.254 e. The van der Waals surface area contributed by atoms with Gasteiger partial charge in [-0.05, 0) is 25.0 Å². The molecule has 1 aromatic rings. The highest BCUT2D eigenvalue weighted by atomic mass is 19.3. The number of halogens is 2. The Balaban J connectivity index is 1.69. The van der Waals surface area contributed by atoms with Gasteiger partial charge in [-0.15, -0.1) is 0 Å². The normalized spacial score (nSPS) is 31.6. The SMILES string of the molecule is CN(c1ccc(C#N)cn1)C1CC2C(C1)C2(F)F. The van der Waals surface area contributed by atoms with E-state index in [0.717, 1.165) is 5.82 Å². The van der Waals surface area contributed by atoms with E-state index in [1.54, 1.807) is 12.1 Å². The molecule has 1 aromatic heterocycles. The van der Waals surface area contributed by atoms with E-state index in [1.807, 2.05) is 18.0 Å². The number of pyridine rings is 1. The Morgan fingerprint density at radius 2 is 2.06 bits per heavy atom. The van der Waals surface area contributed by atoms with Crippen LogP contribution in [0.2, 0.25) is 0 Å². The standard InChI is InChI=1S/C13H13F2N3/c1-18(12-3-2-8(6-16)7-17-12)9-4-10-11(5-9)13(10,14)15/h2-3,7,9-11H,4-5H2,1H3. The number of nitriles is 1. The molecule has 1 heterocycles. The van der Waals surface area contributed by atoms with Gasteiger partial charge in [0.05, 0.1) is 5.56 Å². The molecule has 18 heavy (non-hydrogen) atoms. The summed E-state index contributed by atoms with van der Waals surface area (Å²) in [5.74, 6) is -2.54. The number of hydrogen-bond donors (Lipinski definition) is 0.